The van der Waals surface area contributed by atoms with Crippen molar-refractivity contribution in [1.29, 1.82) is 0 Å². The Balaban J connectivity index is 1.48. The third kappa shape index (κ3) is 35.6. The zero-order chi connectivity index (χ0) is 71.2. The number of amides is 2. The molecule has 3 aliphatic heterocycles. The van der Waals surface area contributed by atoms with Crippen LogP contribution in [0.5, 0.6) is 0 Å². The highest BCUT2D eigenvalue weighted by molar-refractivity contribution is 7.48. The number of carbonyl (C=O) groups is 4. The molecule has 3 heterocycles. The number of unbranched alkanes of at least 4 members (excludes halogenated alkanes) is 21. The van der Waals surface area contributed by atoms with Gasteiger partial charge in [-0.15, -0.1) is 0 Å². The molecule has 3 aliphatic rings. The van der Waals surface area contributed by atoms with E-state index in [4.69, 9.17) is 51.5 Å². The third-order valence-corrected chi connectivity index (χ3v) is 18.9. The minimum absolute atomic E-state index is 0.0491. The predicted molar refractivity (Wildman–Crippen MR) is 359 cm³/mol. The van der Waals surface area contributed by atoms with Gasteiger partial charge in [-0.05, 0) is 77.6 Å². The molecule has 8 unspecified atom stereocenters. The van der Waals surface area contributed by atoms with E-state index in [1.807, 2.05) is 6.08 Å². The van der Waals surface area contributed by atoms with Crippen LogP contribution in [0.4, 0.5) is 0 Å². The summed E-state index contributed by atoms with van der Waals surface area (Å²) in [5.41, 5.74) is 0. The van der Waals surface area contributed by atoms with Crippen molar-refractivity contribution in [2.75, 3.05) is 59.8 Å². The van der Waals surface area contributed by atoms with Gasteiger partial charge in [-0.3, -0.25) is 32.7 Å². The fraction of sp³-hybridized carbons (Fsp3) is 0.884. The number of nitrogens with one attached hydrogen (secondary N) is 2. The average molecular weight is 1410 g/mol. The summed E-state index contributed by atoms with van der Waals surface area (Å²) < 4.78 is 76.4. The van der Waals surface area contributed by atoms with Crippen molar-refractivity contribution in [1.82, 2.24) is 10.6 Å². The van der Waals surface area contributed by atoms with Gasteiger partial charge >= 0.3 is 19.8 Å². The van der Waals surface area contributed by atoms with Crippen LogP contribution in [-0.2, 0) is 75.2 Å². The highest BCUT2D eigenvalue weighted by Crippen LogP contribution is 2.48. The molecular formula is C69H125N2O25P. The lowest BCUT2D eigenvalue weighted by molar-refractivity contribution is -0.390. The molecule has 0 radical (unpaired) electrons. The molecule has 11 N–H and O–H groups in total. The van der Waals surface area contributed by atoms with E-state index in [2.05, 4.69) is 49.6 Å². The molecule has 0 aromatic carbocycles. The third-order valence-electron chi connectivity index (χ3n) is 17.5. The lowest BCUT2D eigenvalue weighted by Gasteiger charge is -2.48. The molecule has 3 fully saturated rings. The Hall–Kier alpha value is -3.13. The van der Waals surface area contributed by atoms with Crippen LogP contribution in [0.3, 0.4) is 0 Å². The molecule has 0 saturated carbocycles. The second kappa shape index (κ2) is 52.8. The Morgan fingerprint density at radius 3 is 1.59 bits per heavy atom. The van der Waals surface area contributed by atoms with Gasteiger partial charge in [0.2, 0.25) is 11.8 Å². The first-order valence-electron chi connectivity index (χ1n) is 36.3. The Labute approximate surface area is 576 Å². The lowest BCUT2D eigenvalue weighted by atomic mass is 9.96. The number of hydrogen-bond acceptors (Lipinski definition) is 25. The van der Waals surface area contributed by atoms with Gasteiger partial charge in [-0.2, -0.15) is 0 Å². The molecule has 0 aromatic heterocycles. The molecule has 0 bridgehead atoms. The first kappa shape index (κ1) is 88.1. The second-order valence-electron chi connectivity index (χ2n) is 25.7. The van der Waals surface area contributed by atoms with Gasteiger partial charge in [-0.1, -0.05) is 154 Å². The number of allylic oxidation sites excluding steroid dienone is 3. The summed E-state index contributed by atoms with van der Waals surface area (Å²) in [4.78, 5) is 52.5. The van der Waals surface area contributed by atoms with Gasteiger partial charge in [0.25, 0.3) is 0 Å². The van der Waals surface area contributed by atoms with Crippen molar-refractivity contribution < 1.29 is 121 Å². The molecular weight excluding hydrogens is 1290 g/mol. The number of phosphoric ester groups is 1. The summed E-state index contributed by atoms with van der Waals surface area (Å²) in [6.07, 6.45) is 10.7. The number of esters is 2. The largest absolute Gasteiger partial charge is 0.474 e. The monoisotopic (exact) mass is 1410 g/mol. The van der Waals surface area contributed by atoms with Crippen molar-refractivity contribution in [3.8, 4) is 0 Å². The summed E-state index contributed by atoms with van der Waals surface area (Å²) in [7, 11) is -3.14. The van der Waals surface area contributed by atoms with E-state index >= 15 is 0 Å². The van der Waals surface area contributed by atoms with Crippen LogP contribution < -0.4 is 10.6 Å². The zero-order valence-corrected chi connectivity index (χ0v) is 59.6. The Morgan fingerprint density at radius 2 is 1.00 bits per heavy atom. The van der Waals surface area contributed by atoms with Gasteiger partial charge in [0.15, 0.2) is 25.0 Å². The van der Waals surface area contributed by atoms with E-state index in [0.717, 1.165) is 90.6 Å². The molecule has 3 rings (SSSR count). The first-order chi connectivity index (χ1) is 46.8. The number of carbonyl (C=O) groups excluding carboxylic acids is 4. The fourth-order valence-corrected chi connectivity index (χ4v) is 12.3. The smallest absolute Gasteiger partial charge is 0.461 e. The van der Waals surface area contributed by atoms with Crippen LogP contribution >= 0.6 is 7.82 Å². The van der Waals surface area contributed by atoms with E-state index in [1.54, 1.807) is 0 Å². The summed E-state index contributed by atoms with van der Waals surface area (Å²) >= 11 is 0. The molecule has 28 heteroatoms. The summed E-state index contributed by atoms with van der Waals surface area (Å²) in [5, 5.41) is 99.8. The van der Waals surface area contributed by atoms with E-state index in [-0.39, 0.29) is 70.4 Å². The quantitative estimate of drug-likeness (QED) is 0.0128. The van der Waals surface area contributed by atoms with Crippen LogP contribution in [0.1, 0.15) is 227 Å². The van der Waals surface area contributed by atoms with Crippen molar-refractivity contribution in [2.45, 2.75) is 325 Å². The van der Waals surface area contributed by atoms with Gasteiger partial charge < -0.3 is 94.5 Å². The fourth-order valence-electron chi connectivity index (χ4n) is 11.4. The van der Waals surface area contributed by atoms with Crippen molar-refractivity contribution in [3.63, 3.8) is 0 Å². The van der Waals surface area contributed by atoms with Gasteiger partial charge in [0.1, 0.15) is 73.8 Å². The van der Waals surface area contributed by atoms with Gasteiger partial charge in [-0.25, -0.2) is 4.57 Å². The van der Waals surface area contributed by atoms with Crippen LogP contribution in [0.25, 0.3) is 0 Å². The number of aliphatic hydroxyl groups is 9. The van der Waals surface area contributed by atoms with Crippen LogP contribution in [0, 0.1) is 5.92 Å². The maximum Gasteiger partial charge on any atom is 0.474 e. The Bertz CT molecular complexity index is 2190. The molecule has 566 valence electrons. The van der Waals surface area contributed by atoms with E-state index in [0.29, 0.717) is 25.7 Å². The molecule has 0 aromatic rings. The molecule has 97 heavy (non-hydrogen) atoms. The molecule has 18 atom stereocenters. The highest BCUT2D eigenvalue weighted by Gasteiger charge is 2.54. The van der Waals surface area contributed by atoms with Crippen LogP contribution in [-0.4, -0.2) is 228 Å². The molecule has 0 aliphatic carbocycles. The van der Waals surface area contributed by atoms with Gasteiger partial charge in [0.05, 0.1) is 45.1 Å². The van der Waals surface area contributed by atoms with Crippen molar-refractivity contribution in [3.05, 3.63) is 24.3 Å². The number of hydrogen-bond donors (Lipinski definition) is 11. The van der Waals surface area contributed by atoms with Crippen molar-refractivity contribution >= 4 is 31.6 Å². The first-order valence-corrected chi connectivity index (χ1v) is 37.8. The summed E-state index contributed by atoms with van der Waals surface area (Å²) in [6.45, 7) is 5.11. The van der Waals surface area contributed by atoms with E-state index < -0.39 is 144 Å². The lowest BCUT2D eigenvalue weighted by Crippen LogP contribution is -2.67. The zero-order valence-electron chi connectivity index (χ0n) is 58.7. The summed E-state index contributed by atoms with van der Waals surface area (Å²) in [6, 6.07) is 0. The van der Waals surface area contributed by atoms with Crippen molar-refractivity contribution in [2.24, 2.45) is 5.92 Å². The summed E-state index contributed by atoms with van der Waals surface area (Å²) in [5.74, 6) is -2.15. The minimum Gasteiger partial charge on any atom is -0.461 e. The average Bonchev–Trinajstić information content (AvgIpc) is 0.780. The normalized spacial score (nSPS) is 27.4. The van der Waals surface area contributed by atoms with E-state index in [1.165, 1.54) is 71.1 Å². The maximum atomic E-state index is 13.7. The number of phosphoric acid groups is 1. The van der Waals surface area contributed by atoms with Crippen LogP contribution in [0.2, 0.25) is 0 Å². The van der Waals surface area contributed by atoms with Crippen LogP contribution in [0.15, 0.2) is 24.3 Å². The molecule has 3 saturated heterocycles. The maximum absolute atomic E-state index is 13.7. The van der Waals surface area contributed by atoms with Gasteiger partial charge in [0, 0.05) is 39.5 Å². The number of aliphatic hydroxyl groups excluding tert-OH is 9. The SMILES string of the molecule is CCCCCCCC/C=C\C(CCCCCC)C(=O)OC[C@H](COP(=O)(OC)OCCNC(=O)CCCCC(=O)NCCCO[C@@H]1OC(CO)[C@H](O)[C@H](O[C@@H]2OC(CO)[C@H](O)[C@H](O)C2O)C1O[C@@H]1OC(C)[C@@H](O)[C@H](O)C1O)OC(=O)CCCCCCC/C=C/CCCCCCCC. The molecule has 2 amide bonds. The van der Waals surface area contributed by atoms with E-state index in [9.17, 15) is 69.7 Å². The predicted octanol–water partition coefficient (Wildman–Crippen LogP) is 6.84. The molecule has 0 spiro atoms. The standard InChI is InChI=1S/C69H125N2O25P/c1-6-9-12-15-17-19-20-21-22-23-24-25-27-29-32-40-56(76)92-51(47-88-66(84)50(36-30-14-11-8-3)37-31-28-26-18-16-13-10-7-2)48-90-97(85,86-5)89-44-42-71-55(75)39-34-33-38-54(74)70-41-35-43-87-69-65(96-67-62(82)60(80)57(77)49(4)91-67)64(59(79)53(46-73)94-69)95-68-63(83)61(81)58(78)52(45-72)93-68/h21-22,31,37,49-53,57-65,67-69,72-73,77-83H,6-20,23-30,32-36,38-48H2,1-5H3,(H,70,74)(H,71,75)/b22-21+,37-31-/t49?,50?,51-,52?,53?,57-,58+,59+,60+,61+,62?,63?,64+,65?,67+,68+,69-,97?/m1/s1. The number of ether oxygens (including phenoxy) is 8. The topological polar surface area (TPSA) is 393 Å². The Kier molecular flexibility index (Phi) is 47.9. The Morgan fingerprint density at radius 1 is 0.505 bits per heavy atom. The second-order valence-corrected chi connectivity index (χ2v) is 27.5. The highest BCUT2D eigenvalue weighted by atomic mass is 31.2. The molecule has 27 nitrogen and oxygen atoms in total. The minimum atomic E-state index is -4.27. The number of rotatable bonds is 56.